The first kappa shape index (κ1) is 17.0. The first-order chi connectivity index (χ1) is 7.65. The lowest BCUT2D eigenvalue weighted by atomic mass is 10.1. The molecule has 0 unspecified atom stereocenters. The van der Waals surface area contributed by atoms with Crippen molar-refractivity contribution in [1.82, 2.24) is 0 Å². The number of benzene rings is 1. The van der Waals surface area contributed by atoms with Gasteiger partial charge >= 0.3 is 5.97 Å². The molecule has 0 aliphatic rings. The van der Waals surface area contributed by atoms with Crippen molar-refractivity contribution < 1.29 is 14.3 Å². The second-order valence-corrected chi connectivity index (χ2v) is 2.46. The number of carboxylic acid groups (broad SMARTS) is 1. The summed E-state index contributed by atoms with van der Waals surface area (Å²) in [7, 11) is 0. The predicted octanol–water partition coefficient (Wildman–Crippen LogP) is 4.14. The number of hydrogen-bond donors (Lipinski definition) is 1. The maximum atomic E-state index is 12.9. The van der Waals surface area contributed by atoms with E-state index in [0.717, 1.165) is 6.07 Å². The van der Waals surface area contributed by atoms with Crippen LogP contribution in [0.5, 0.6) is 0 Å². The standard InChI is InChI=1S/C9H9FO2.2C2H6/c1-2-6-3-4-7(9(11)12)5-8(6)10;2*1-2/h3-5H,2H2,1H3,(H,11,12);2*1-2H3. The number of carboxylic acids is 1. The summed E-state index contributed by atoms with van der Waals surface area (Å²) < 4.78 is 12.9. The summed E-state index contributed by atoms with van der Waals surface area (Å²) in [5, 5.41) is 8.51. The maximum absolute atomic E-state index is 12.9. The minimum Gasteiger partial charge on any atom is -0.478 e. The molecular formula is C13H21FO2. The first-order valence-corrected chi connectivity index (χ1v) is 5.67. The highest BCUT2D eigenvalue weighted by Crippen LogP contribution is 2.10. The van der Waals surface area contributed by atoms with Crippen LogP contribution < -0.4 is 0 Å². The van der Waals surface area contributed by atoms with Crippen LogP contribution in [-0.4, -0.2) is 11.1 Å². The summed E-state index contributed by atoms with van der Waals surface area (Å²) >= 11 is 0. The van der Waals surface area contributed by atoms with E-state index < -0.39 is 11.8 Å². The zero-order chi connectivity index (χ0) is 13.1. The van der Waals surface area contributed by atoms with Gasteiger partial charge in [0.15, 0.2) is 0 Å². The molecule has 0 spiro atoms. The van der Waals surface area contributed by atoms with Crippen LogP contribution in [0.25, 0.3) is 0 Å². The molecule has 0 bridgehead atoms. The van der Waals surface area contributed by atoms with Gasteiger partial charge in [-0.1, -0.05) is 40.7 Å². The lowest BCUT2D eigenvalue weighted by molar-refractivity contribution is 0.0696. The van der Waals surface area contributed by atoms with E-state index in [2.05, 4.69) is 0 Å². The van der Waals surface area contributed by atoms with Gasteiger partial charge in [-0.2, -0.15) is 0 Å². The Morgan fingerprint density at radius 1 is 1.25 bits per heavy atom. The Balaban J connectivity index is 0. The van der Waals surface area contributed by atoms with Crippen LogP contribution in [0.15, 0.2) is 18.2 Å². The third kappa shape index (κ3) is 5.49. The van der Waals surface area contributed by atoms with E-state index in [9.17, 15) is 9.18 Å². The van der Waals surface area contributed by atoms with Gasteiger partial charge in [-0.05, 0) is 24.1 Å². The lowest BCUT2D eigenvalue weighted by Gasteiger charge is -1.99. The SMILES string of the molecule is CC.CC.CCc1ccc(C(=O)O)cc1F. The van der Waals surface area contributed by atoms with Crippen LogP contribution in [0.3, 0.4) is 0 Å². The van der Waals surface area contributed by atoms with E-state index in [0.29, 0.717) is 12.0 Å². The smallest absolute Gasteiger partial charge is 0.335 e. The minimum absolute atomic E-state index is 0.00954. The molecule has 0 saturated carbocycles. The Hall–Kier alpha value is -1.38. The summed E-state index contributed by atoms with van der Waals surface area (Å²) in [6.07, 6.45) is 0.575. The highest BCUT2D eigenvalue weighted by atomic mass is 19.1. The third-order valence-electron chi connectivity index (χ3n) is 1.68. The normalized spacial score (nSPS) is 8.12. The molecule has 0 aliphatic carbocycles. The fraction of sp³-hybridized carbons (Fsp3) is 0.462. The summed E-state index contributed by atoms with van der Waals surface area (Å²) in [4.78, 5) is 10.4. The zero-order valence-electron chi connectivity index (χ0n) is 10.7. The van der Waals surface area contributed by atoms with Crippen LogP contribution >= 0.6 is 0 Å². The van der Waals surface area contributed by atoms with Crippen molar-refractivity contribution in [2.75, 3.05) is 0 Å². The topological polar surface area (TPSA) is 37.3 Å². The number of aryl methyl sites for hydroxylation is 1. The monoisotopic (exact) mass is 228 g/mol. The van der Waals surface area contributed by atoms with E-state index in [4.69, 9.17) is 5.11 Å². The molecule has 16 heavy (non-hydrogen) atoms. The van der Waals surface area contributed by atoms with Gasteiger partial charge in [0.25, 0.3) is 0 Å². The molecule has 1 rings (SSSR count). The van der Waals surface area contributed by atoms with Gasteiger partial charge < -0.3 is 5.11 Å². The Morgan fingerprint density at radius 3 is 2.06 bits per heavy atom. The van der Waals surface area contributed by atoms with E-state index in [1.54, 1.807) is 0 Å². The van der Waals surface area contributed by atoms with Gasteiger partial charge in [0, 0.05) is 0 Å². The summed E-state index contributed by atoms with van der Waals surface area (Å²) in [5.41, 5.74) is 0.532. The molecule has 0 fully saturated rings. The lowest BCUT2D eigenvalue weighted by Crippen LogP contribution is -1.98. The summed E-state index contributed by atoms with van der Waals surface area (Å²) in [5.74, 6) is -1.55. The Bertz CT molecular complexity index is 309. The number of rotatable bonds is 2. The van der Waals surface area contributed by atoms with Crippen molar-refractivity contribution in [3.63, 3.8) is 0 Å². The molecule has 1 N–H and O–H groups in total. The van der Waals surface area contributed by atoms with Crippen molar-refractivity contribution >= 4 is 5.97 Å². The Labute approximate surface area is 97.1 Å². The summed E-state index contributed by atoms with van der Waals surface area (Å²) in [6.45, 7) is 9.82. The van der Waals surface area contributed by atoms with Crippen LogP contribution in [0.4, 0.5) is 4.39 Å². The molecule has 1 aromatic carbocycles. The van der Waals surface area contributed by atoms with Crippen LogP contribution in [0.2, 0.25) is 0 Å². The van der Waals surface area contributed by atoms with E-state index in [1.165, 1.54) is 12.1 Å². The molecule has 0 saturated heterocycles. The van der Waals surface area contributed by atoms with Crippen molar-refractivity contribution in [2.24, 2.45) is 0 Å². The van der Waals surface area contributed by atoms with Gasteiger partial charge in [-0.3, -0.25) is 0 Å². The van der Waals surface area contributed by atoms with E-state index in [1.807, 2.05) is 34.6 Å². The largest absolute Gasteiger partial charge is 0.478 e. The highest BCUT2D eigenvalue weighted by molar-refractivity contribution is 5.87. The molecule has 0 amide bonds. The van der Waals surface area contributed by atoms with Crippen molar-refractivity contribution in [2.45, 2.75) is 41.0 Å². The molecule has 1 aromatic rings. The van der Waals surface area contributed by atoms with Gasteiger partial charge in [0.2, 0.25) is 0 Å². The van der Waals surface area contributed by atoms with Crippen molar-refractivity contribution in [3.8, 4) is 0 Å². The van der Waals surface area contributed by atoms with E-state index >= 15 is 0 Å². The Kier molecular flexibility index (Phi) is 10.8. The number of carbonyl (C=O) groups is 1. The van der Waals surface area contributed by atoms with Gasteiger partial charge in [0.05, 0.1) is 5.56 Å². The minimum atomic E-state index is -1.10. The maximum Gasteiger partial charge on any atom is 0.335 e. The highest BCUT2D eigenvalue weighted by Gasteiger charge is 2.06. The number of aromatic carboxylic acids is 1. The van der Waals surface area contributed by atoms with Crippen LogP contribution in [0, 0.1) is 5.82 Å². The van der Waals surface area contributed by atoms with Crippen LogP contribution in [-0.2, 0) is 6.42 Å². The molecule has 0 atom stereocenters. The first-order valence-electron chi connectivity index (χ1n) is 5.67. The molecule has 0 radical (unpaired) electrons. The second kappa shape index (κ2) is 10.1. The summed E-state index contributed by atoms with van der Waals surface area (Å²) in [6, 6.07) is 3.95. The van der Waals surface area contributed by atoms with Crippen LogP contribution in [0.1, 0.15) is 50.5 Å². The molecule has 92 valence electrons. The molecule has 0 heterocycles. The second-order valence-electron chi connectivity index (χ2n) is 2.46. The van der Waals surface area contributed by atoms with Gasteiger partial charge in [-0.15, -0.1) is 0 Å². The molecule has 3 heteroatoms. The van der Waals surface area contributed by atoms with Gasteiger partial charge in [0.1, 0.15) is 5.82 Å². The quantitative estimate of drug-likeness (QED) is 0.826. The molecule has 0 aromatic heterocycles. The third-order valence-corrected chi connectivity index (χ3v) is 1.68. The average molecular weight is 228 g/mol. The fourth-order valence-electron chi connectivity index (χ4n) is 0.967. The molecular weight excluding hydrogens is 207 g/mol. The van der Waals surface area contributed by atoms with Crippen molar-refractivity contribution in [1.29, 1.82) is 0 Å². The van der Waals surface area contributed by atoms with E-state index in [-0.39, 0.29) is 5.56 Å². The Morgan fingerprint density at radius 2 is 1.75 bits per heavy atom. The predicted molar refractivity (Wildman–Crippen MR) is 65.4 cm³/mol. The zero-order valence-corrected chi connectivity index (χ0v) is 10.7. The van der Waals surface area contributed by atoms with Crippen molar-refractivity contribution in [3.05, 3.63) is 35.1 Å². The number of halogens is 1. The molecule has 0 aliphatic heterocycles. The van der Waals surface area contributed by atoms with Gasteiger partial charge in [-0.25, -0.2) is 9.18 Å². The number of hydrogen-bond acceptors (Lipinski definition) is 1. The fourth-order valence-corrected chi connectivity index (χ4v) is 0.967. The molecule has 2 nitrogen and oxygen atoms in total. The average Bonchev–Trinajstić information content (AvgIpc) is 2.34.